The molecular weight excluding hydrogens is 474 g/mol. The molecule has 0 aliphatic carbocycles. The first-order valence-corrected chi connectivity index (χ1v) is 12.9. The van der Waals surface area contributed by atoms with Crippen molar-refractivity contribution in [3.05, 3.63) is 75.6 Å². The summed E-state index contributed by atoms with van der Waals surface area (Å²) in [6.45, 7) is 1.92. The third kappa shape index (κ3) is 4.97. The monoisotopic (exact) mass is 499 g/mol. The van der Waals surface area contributed by atoms with E-state index in [4.69, 9.17) is 4.42 Å². The van der Waals surface area contributed by atoms with Gasteiger partial charge in [0.25, 0.3) is 5.56 Å². The van der Waals surface area contributed by atoms with E-state index < -0.39 is 33.5 Å². The molecule has 184 valence electrons. The number of carbonyl (C=O) groups is 1. The van der Waals surface area contributed by atoms with Gasteiger partial charge in [0, 0.05) is 12.8 Å². The van der Waals surface area contributed by atoms with Gasteiger partial charge in [-0.1, -0.05) is 25.5 Å². The maximum Gasteiger partial charge on any atom is 0.333 e. The van der Waals surface area contributed by atoms with E-state index in [9.17, 15) is 22.8 Å². The van der Waals surface area contributed by atoms with Crippen LogP contribution in [0.2, 0.25) is 0 Å². The molecule has 3 heterocycles. The lowest BCUT2D eigenvalue weighted by atomic mass is 10.3. The van der Waals surface area contributed by atoms with Gasteiger partial charge in [-0.2, -0.15) is 0 Å². The number of unbranched alkanes of at least 4 members (excludes halogenated alkanes) is 1. The summed E-state index contributed by atoms with van der Waals surface area (Å²) in [5, 5.41) is 2.51. The molecule has 0 aliphatic heterocycles. The highest BCUT2D eigenvalue weighted by atomic mass is 32.2. The molecule has 1 amide bonds. The van der Waals surface area contributed by atoms with Crippen LogP contribution >= 0.6 is 0 Å². The van der Waals surface area contributed by atoms with Crippen molar-refractivity contribution in [1.29, 1.82) is 0 Å². The second kappa shape index (κ2) is 9.74. The number of benzene rings is 1. The van der Waals surface area contributed by atoms with Crippen molar-refractivity contribution in [2.24, 2.45) is 0 Å². The fraction of sp³-hybridized carbons (Fsp3) is 0.304. The Balaban J connectivity index is 1.76. The number of furan rings is 1. The highest BCUT2D eigenvalue weighted by Gasteiger charge is 2.21. The summed E-state index contributed by atoms with van der Waals surface area (Å²) >= 11 is 0. The number of para-hydroxylation sites is 1. The van der Waals surface area contributed by atoms with Crippen molar-refractivity contribution in [3.8, 4) is 0 Å². The first kappa shape index (κ1) is 24.2. The van der Waals surface area contributed by atoms with E-state index in [-0.39, 0.29) is 28.3 Å². The summed E-state index contributed by atoms with van der Waals surface area (Å²) in [4.78, 5) is 43.7. The van der Waals surface area contributed by atoms with E-state index in [0.717, 1.165) is 17.2 Å². The van der Waals surface area contributed by atoms with Crippen molar-refractivity contribution in [3.63, 3.8) is 0 Å². The predicted octanol–water partition coefficient (Wildman–Crippen LogP) is 1.84. The lowest BCUT2D eigenvalue weighted by molar-refractivity contribution is -0.116. The third-order valence-corrected chi connectivity index (χ3v) is 6.64. The van der Waals surface area contributed by atoms with Crippen molar-refractivity contribution >= 4 is 32.6 Å². The zero-order chi connectivity index (χ0) is 25.2. The first-order chi connectivity index (χ1) is 16.7. The van der Waals surface area contributed by atoms with Crippen LogP contribution in [0.1, 0.15) is 25.5 Å². The van der Waals surface area contributed by atoms with Crippen molar-refractivity contribution in [2.75, 3.05) is 11.6 Å². The molecule has 35 heavy (non-hydrogen) atoms. The second-order valence-corrected chi connectivity index (χ2v) is 10.1. The number of rotatable bonds is 9. The van der Waals surface area contributed by atoms with Gasteiger partial charge < -0.3 is 14.3 Å². The highest BCUT2D eigenvalue weighted by molar-refractivity contribution is 7.90. The minimum atomic E-state index is -3.61. The summed E-state index contributed by atoms with van der Waals surface area (Å²) in [6.07, 6.45) is 5.49. The Kier molecular flexibility index (Phi) is 6.74. The predicted molar refractivity (Wildman–Crippen MR) is 129 cm³/mol. The molecule has 11 nitrogen and oxygen atoms in total. The first-order valence-electron chi connectivity index (χ1n) is 11.0. The Labute approximate surface area is 200 Å². The SMILES string of the molecule is CCCCn1c(=O)n(CC(=O)Nc2ccccc2S(C)(=O)=O)c(=O)c2c1ncn2Cc1ccco1. The van der Waals surface area contributed by atoms with Crippen LogP contribution in [0.25, 0.3) is 11.2 Å². The average Bonchev–Trinajstić information content (AvgIpc) is 3.47. The number of hydrogen-bond donors (Lipinski definition) is 1. The van der Waals surface area contributed by atoms with E-state index in [1.165, 1.54) is 35.4 Å². The van der Waals surface area contributed by atoms with Gasteiger partial charge in [-0.15, -0.1) is 0 Å². The molecule has 0 saturated carbocycles. The van der Waals surface area contributed by atoms with Crippen LogP contribution < -0.4 is 16.6 Å². The Morgan fingerprint density at radius 2 is 1.89 bits per heavy atom. The molecule has 0 radical (unpaired) electrons. The van der Waals surface area contributed by atoms with E-state index in [1.807, 2.05) is 6.92 Å². The zero-order valence-electron chi connectivity index (χ0n) is 19.3. The highest BCUT2D eigenvalue weighted by Crippen LogP contribution is 2.20. The maximum atomic E-state index is 13.4. The molecule has 0 spiro atoms. The molecule has 0 aliphatic rings. The summed E-state index contributed by atoms with van der Waals surface area (Å²) in [5.41, 5.74) is -0.858. The van der Waals surface area contributed by atoms with Crippen LogP contribution in [0.15, 0.2) is 67.9 Å². The molecule has 0 atom stereocenters. The number of aromatic nitrogens is 4. The Hall–Kier alpha value is -3.93. The molecule has 0 fully saturated rings. The van der Waals surface area contributed by atoms with E-state index in [0.29, 0.717) is 18.7 Å². The quantitative estimate of drug-likeness (QED) is 0.371. The molecule has 0 bridgehead atoms. The van der Waals surface area contributed by atoms with Crippen LogP contribution in [-0.2, 0) is 34.3 Å². The minimum absolute atomic E-state index is 0.0620. The molecule has 4 aromatic rings. The van der Waals surface area contributed by atoms with Gasteiger partial charge in [0.2, 0.25) is 5.91 Å². The topological polar surface area (TPSA) is 138 Å². The van der Waals surface area contributed by atoms with Gasteiger partial charge in [0.05, 0.1) is 29.7 Å². The van der Waals surface area contributed by atoms with Crippen LogP contribution in [0.3, 0.4) is 0 Å². The minimum Gasteiger partial charge on any atom is -0.467 e. The number of amides is 1. The molecular formula is C23H25N5O6S. The maximum absolute atomic E-state index is 13.4. The van der Waals surface area contributed by atoms with Gasteiger partial charge in [0.15, 0.2) is 21.0 Å². The van der Waals surface area contributed by atoms with Crippen LogP contribution in [-0.4, -0.2) is 39.3 Å². The number of hydrogen-bond acceptors (Lipinski definition) is 7. The third-order valence-electron chi connectivity index (χ3n) is 5.49. The molecule has 1 aromatic carbocycles. The lowest BCUT2D eigenvalue weighted by Gasteiger charge is -2.13. The number of nitrogens with zero attached hydrogens (tertiary/aromatic N) is 4. The second-order valence-electron chi connectivity index (χ2n) is 8.12. The molecule has 0 unspecified atom stereocenters. The summed E-state index contributed by atoms with van der Waals surface area (Å²) in [5.74, 6) is -0.115. The van der Waals surface area contributed by atoms with Crippen molar-refractivity contribution in [2.45, 2.75) is 44.3 Å². The normalized spacial score (nSPS) is 11.7. The molecule has 12 heteroatoms. The Morgan fingerprint density at radius 1 is 1.11 bits per heavy atom. The van der Waals surface area contributed by atoms with Gasteiger partial charge in [-0.3, -0.25) is 14.2 Å². The molecule has 3 aromatic heterocycles. The number of imidazole rings is 1. The fourth-order valence-electron chi connectivity index (χ4n) is 3.81. The smallest absolute Gasteiger partial charge is 0.333 e. The Morgan fingerprint density at radius 3 is 2.57 bits per heavy atom. The van der Waals surface area contributed by atoms with E-state index in [2.05, 4.69) is 10.3 Å². The number of anilines is 1. The van der Waals surface area contributed by atoms with Gasteiger partial charge in [-0.25, -0.2) is 22.8 Å². The zero-order valence-corrected chi connectivity index (χ0v) is 20.1. The standard InChI is InChI=1S/C23H25N5O6S/c1-3-4-11-27-21-20(26(15-24-21)13-16-8-7-12-34-16)22(30)28(23(27)31)14-19(29)25-17-9-5-6-10-18(17)35(2,32)33/h5-10,12,15H,3-4,11,13-14H2,1-2H3,(H,25,29). The van der Waals surface area contributed by atoms with Gasteiger partial charge in [0.1, 0.15) is 12.3 Å². The van der Waals surface area contributed by atoms with E-state index in [1.54, 1.807) is 22.8 Å². The van der Waals surface area contributed by atoms with E-state index >= 15 is 0 Å². The van der Waals surface area contributed by atoms with Crippen LogP contribution in [0.5, 0.6) is 0 Å². The number of aryl methyl sites for hydroxylation is 1. The largest absolute Gasteiger partial charge is 0.467 e. The lowest BCUT2D eigenvalue weighted by Crippen LogP contribution is -2.43. The molecule has 4 rings (SSSR count). The van der Waals surface area contributed by atoms with Crippen LogP contribution in [0.4, 0.5) is 5.69 Å². The number of nitrogens with one attached hydrogen (secondary N) is 1. The molecule has 0 saturated heterocycles. The van der Waals surface area contributed by atoms with Gasteiger partial charge >= 0.3 is 5.69 Å². The van der Waals surface area contributed by atoms with Gasteiger partial charge in [-0.05, 0) is 30.7 Å². The number of fused-ring (bicyclic) bond motifs is 1. The average molecular weight is 500 g/mol. The van der Waals surface area contributed by atoms with Crippen molar-refractivity contribution < 1.29 is 17.6 Å². The summed E-state index contributed by atoms with van der Waals surface area (Å²) in [6, 6.07) is 9.41. The molecule has 1 N–H and O–H groups in total. The number of sulfone groups is 1. The van der Waals surface area contributed by atoms with Crippen molar-refractivity contribution in [1.82, 2.24) is 18.7 Å². The Bertz CT molecular complexity index is 1600. The fourth-order valence-corrected chi connectivity index (χ4v) is 4.66. The van der Waals surface area contributed by atoms with Crippen LogP contribution in [0, 0.1) is 0 Å². The summed E-state index contributed by atoms with van der Waals surface area (Å²) < 4.78 is 33.3. The summed E-state index contributed by atoms with van der Waals surface area (Å²) in [7, 11) is -3.61. The number of carbonyl (C=O) groups excluding carboxylic acids is 1.